The quantitative estimate of drug-likeness (QED) is 0.815. The Kier molecular flexibility index (Phi) is 3.98. The Hall–Kier alpha value is -0.340. The van der Waals surface area contributed by atoms with Crippen molar-refractivity contribution in [2.24, 2.45) is 17.3 Å². The third-order valence-corrected chi connectivity index (χ3v) is 6.30. The van der Waals surface area contributed by atoms with Crippen molar-refractivity contribution < 1.29 is 0 Å². The maximum Gasteiger partial charge on any atom is 0.00967 e. The average molecular weight is 292 g/mol. The van der Waals surface area contributed by atoms with E-state index in [1.165, 1.54) is 45.1 Å². The molecule has 0 amide bonds. The molecule has 3 unspecified atom stereocenters. The highest BCUT2D eigenvalue weighted by atomic mass is 32.1. The predicted octanol–water partition coefficient (Wildman–Crippen LogP) is 4.88. The van der Waals surface area contributed by atoms with Gasteiger partial charge in [-0.3, -0.25) is 0 Å². The molecule has 0 spiro atoms. The molecule has 1 heterocycles. The number of hydrogen-bond donors (Lipinski definition) is 1. The fourth-order valence-electron chi connectivity index (χ4n) is 4.44. The summed E-state index contributed by atoms with van der Waals surface area (Å²) in [6.45, 7) is 8.12. The van der Waals surface area contributed by atoms with Crippen LogP contribution in [0.1, 0.15) is 58.4 Å². The largest absolute Gasteiger partial charge is 0.312 e. The molecule has 1 N–H and O–H groups in total. The van der Waals surface area contributed by atoms with E-state index in [2.05, 4.69) is 42.9 Å². The number of thiophene rings is 1. The van der Waals surface area contributed by atoms with Gasteiger partial charge in [-0.05, 0) is 92.5 Å². The highest BCUT2D eigenvalue weighted by Crippen LogP contribution is 2.57. The summed E-state index contributed by atoms with van der Waals surface area (Å²) in [6, 6.07) is 2.31. The first-order chi connectivity index (χ1) is 9.47. The summed E-state index contributed by atoms with van der Waals surface area (Å²) in [4.78, 5) is 0. The molecule has 2 bridgehead atoms. The molecule has 1 nitrogen and oxygen atoms in total. The van der Waals surface area contributed by atoms with Gasteiger partial charge in [0.1, 0.15) is 0 Å². The summed E-state index contributed by atoms with van der Waals surface area (Å²) in [6.07, 6.45) is 8.63. The van der Waals surface area contributed by atoms with Gasteiger partial charge >= 0.3 is 0 Å². The Bertz CT molecular complexity index is 431. The summed E-state index contributed by atoms with van der Waals surface area (Å²) < 4.78 is 0. The van der Waals surface area contributed by atoms with Gasteiger partial charge in [0.2, 0.25) is 0 Å². The first kappa shape index (κ1) is 14.6. The van der Waals surface area contributed by atoms with E-state index in [1.54, 1.807) is 5.56 Å². The summed E-state index contributed by atoms with van der Waals surface area (Å²) in [7, 11) is 0. The van der Waals surface area contributed by atoms with Crippen LogP contribution in [0.4, 0.5) is 0 Å². The zero-order chi connectivity index (χ0) is 14.2. The van der Waals surface area contributed by atoms with Crippen molar-refractivity contribution in [3.05, 3.63) is 22.4 Å². The van der Waals surface area contributed by atoms with Gasteiger partial charge in [0, 0.05) is 12.1 Å². The Morgan fingerprint density at radius 2 is 2.20 bits per heavy atom. The SMILES string of the molecule is CC(C)(C)NCC1(CCc2ccsc2)CC2CCC1C2. The maximum atomic E-state index is 3.82. The maximum absolute atomic E-state index is 3.82. The molecular formula is C18H29NS. The van der Waals surface area contributed by atoms with Crippen LogP contribution in [0.2, 0.25) is 0 Å². The van der Waals surface area contributed by atoms with Crippen LogP contribution in [0.3, 0.4) is 0 Å². The van der Waals surface area contributed by atoms with Crippen LogP contribution < -0.4 is 5.32 Å². The van der Waals surface area contributed by atoms with E-state index >= 15 is 0 Å². The molecule has 0 aliphatic heterocycles. The Morgan fingerprint density at radius 1 is 1.35 bits per heavy atom. The topological polar surface area (TPSA) is 12.0 Å². The van der Waals surface area contributed by atoms with Crippen LogP contribution >= 0.6 is 11.3 Å². The van der Waals surface area contributed by atoms with Crippen molar-refractivity contribution >= 4 is 11.3 Å². The van der Waals surface area contributed by atoms with Gasteiger partial charge in [0.05, 0.1) is 0 Å². The molecule has 20 heavy (non-hydrogen) atoms. The molecule has 2 fully saturated rings. The van der Waals surface area contributed by atoms with E-state index in [1.807, 2.05) is 11.3 Å². The van der Waals surface area contributed by atoms with Gasteiger partial charge in [0.25, 0.3) is 0 Å². The summed E-state index contributed by atoms with van der Waals surface area (Å²) in [5.41, 5.74) is 2.38. The first-order valence-corrected chi connectivity index (χ1v) is 9.17. The Morgan fingerprint density at radius 3 is 2.75 bits per heavy atom. The van der Waals surface area contributed by atoms with E-state index in [4.69, 9.17) is 0 Å². The second kappa shape index (κ2) is 5.46. The lowest BCUT2D eigenvalue weighted by molar-refractivity contribution is 0.131. The number of aryl methyl sites for hydroxylation is 1. The zero-order valence-corrected chi connectivity index (χ0v) is 14.1. The van der Waals surface area contributed by atoms with E-state index in [0.29, 0.717) is 5.41 Å². The molecule has 3 rings (SSSR count). The molecule has 0 saturated heterocycles. The molecule has 2 saturated carbocycles. The van der Waals surface area contributed by atoms with E-state index < -0.39 is 0 Å². The Labute approximate surface area is 128 Å². The number of fused-ring (bicyclic) bond motifs is 2. The van der Waals surface area contributed by atoms with Gasteiger partial charge < -0.3 is 5.32 Å². The first-order valence-electron chi connectivity index (χ1n) is 8.23. The van der Waals surface area contributed by atoms with Crippen LogP contribution in [-0.2, 0) is 6.42 Å². The molecule has 1 aromatic heterocycles. The van der Waals surface area contributed by atoms with Crippen LogP contribution in [0.15, 0.2) is 16.8 Å². The van der Waals surface area contributed by atoms with Gasteiger partial charge in [-0.15, -0.1) is 0 Å². The molecule has 1 aromatic rings. The minimum Gasteiger partial charge on any atom is -0.312 e. The average Bonchev–Trinajstić information content (AvgIpc) is 3.10. The highest BCUT2D eigenvalue weighted by molar-refractivity contribution is 7.07. The van der Waals surface area contributed by atoms with Crippen LogP contribution in [0.5, 0.6) is 0 Å². The second-order valence-electron chi connectivity index (χ2n) is 8.18. The molecule has 2 aliphatic carbocycles. The summed E-state index contributed by atoms with van der Waals surface area (Å²) >= 11 is 1.84. The normalized spacial score (nSPS) is 33.0. The van der Waals surface area contributed by atoms with Crippen molar-refractivity contribution in [3.63, 3.8) is 0 Å². The third kappa shape index (κ3) is 3.12. The van der Waals surface area contributed by atoms with Crippen molar-refractivity contribution in [1.82, 2.24) is 5.32 Å². The predicted molar refractivity (Wildman–Crippen MR) is 88.3 cm³/mol. The standard InChI is InChI=1S/C18H29NS/c1-17(2,3)19-13-18(8-6-14-7-9-20-12-14)11-15-4-5-16(18)10-15/h7,9,12,15-16,19H,4-6,8,10-11,13H2,1-3H3. The summed E-state index contributed by atoms with van der Waals surface area (Å²) in [5.74, 6) is 2.02. The minimum absolute atomic E-state index is 0.247. The van der Waals surface area contributed by atoms with Crippen LogP contribution in [0, 0.1) is 17.3 Å². The molecule has 0 aromatic carbocycles. The van der Waals surface area contributed by atoms with E-state index in [0.717, 1.165) is 11.8 Å². The lowest BCUT2D eigenvalue weighted by atomic mass is 9.69. The zero-order valence-electron chi connectivity index (χ0n) is 13.2. The monoisotopic (exact) mass is 291 g/mol. The number of rotatable bonds is 5. The Balaban J connectivity index is 1.67. The third-order valence-electron chi connectivity index (χ3n) is 5.56. The molecule has 2 aliphatic rings. The fourth-order valence-corrected chi connectivity index (χ4v) is 5.14. The van der Waals surface area contributed by atoms with Gasteiger partial charge in [0.15, 0.2) is 0 Å². The smallest absolute Gasteiger partial charge is 0.00967 e. The summed E-state index contributed by atoms with van der Waals surface area (Å²) in [5, 5.41) is 8.37. The molecule has 0 radical (unpaired) electrons. The number of nitrogens with one attached hydrogen (secondary N) is 1. The van der Waals surface area contributed by atoms with Gasteiger partial charge in [-0.25, -0.2) is 0 Å². The van der Waals surface area contributed by atoms with E-state index in [-0.39, 0.29) is 5.54 Å². The van der Waals surface area contributed by atoms with Crippen molar-refractivity contribution in [2.45, 2.75) is 64.8 Å². The lowest BCUT2D eigenvalue weighted by Crippen LogP contribution is -2.46. The molecule has 3 atom stereocenters. The van der Waals surface area contributed by atoms with Crippen LogP contribution in [0.25, 0.3) is 0 Å². The fraction of sp³-hybridized carbons (Fsp3) is 0.778. The van der Waals surface area contributed by atoms with Gasteiger partial charge in [-0.1, -0.05) is 6.42 Å². The van der Waals surface area contributed by atoms with Crippen molar-refractivity contribution in [2.75, 3.05) is 6.54 Å². The van der Waals surface area contributed by atoms with Crippen molar-refractivity contribution in [1.29, 1.82) is 0 Å². The highest BCUT2D eigenvalue weighted by Gasteiger charge is 2.50. The lowest BCUT2D eigenvalue weighted by Gasteiger charge is -2.40. The van der Waals surface area contributed by atoms with Gasteiger partial charge in [-0.2, -0.15) is 11.3 Å². The molecule has 2 heteroatoms. The minimum atomic E-state index is 0.247. The number of hydrogen-bond acceptors (Lipinski definition) is 2. The molecular weight excluding hydrogens is 262 g/mol. The van der Waals surface area contributed by atoms with Crippen molar-refractivity contribution in [3.8, 4) is 0 Å². The van der Waals surface area contributed by atoms with E-state index in [9.17, 15) is 0 Å². The molecule has 112 valence electrons. The second-order valence-corrected chi connectivity index (χ2v) is 8.96. The van der Waals surface area contributed by atoms with Crippen LogP contribution in [-0.4, -0.2) is 12.1 Å².